The maximum atomic E-state index is 12.7. The van der Waals surface area contributed by atoms with E-state index in [1.54, 1.807) is 25.3 Å². The first-order valence-corrected chi connectivity index (χ1v) is 9.61. The Kier molecular flexibility index (Phi) is 6.33. The zero-order chi connectivity index (χ0) is 18.7. The lowest BCUT2D eigenvalue weighted by Gasteiger charge is -2.22. The molecule has 2 atom stereocenters. The second-order valence-electron chi connectivity index (χ2n) is 6.16. The van der Waals surface area contributed by atoms with E-state index < -0.39 is 10.9 Å². The van der Waals surface area contributed by atoms with E-state index >= 15 is 0 Å². The number of amides is 1. The van der Waals surface area contributed by atoms with E-state index in [4.69, 9.17) is 44.3 Å². The third kappa shape index (κ3) is 4.27. The van der Waals surface area contributed by atoms with Crippen molar-refractivity contribution in [3.63, 3.8) is 0 Å². The van der Waals surface area contributed by atoms with Crippen LogP contribution in [0.1, 0.15) is 36.0 Å². The van der Waals surface area contributed by atoms with Crippen LogP contribution in [-0.2, 0) is 0 Å². The summed E-state index contributed by atoms with van der Waals surface area (Å²) in [6.07, 6.45) is 5.85. The quantitative estimate of drug-likeness (QED) is 0.568. The predicted octanol–water partition coefficient (Wildman–Crippen LogP) is 4.45. The van der Waals surface area contributed by atoms with Gasteiger partial charge in [-0.15, -0.1) is 11.6 Å². The number of ether oxygens (including phenoxy) is 2. The number of alkyl halides is 2. The van der Waals surface area contributed by atoms with Crippen molar-refractivity contribution in [1.29, 1.82) is 0 Å². The summed E-state index contributed by atoms with van der Waals surface area (Å²) in [6, 6.07) is 5.03. The van der Waals surface area contributed by atoms with Crippen molar-refractivity contribution in [3.8, 4) is 11.5 Å². The fraction of sp³-hybridized carbons (Fsp3) is 0.444. The molecule has 3 rings (SSSR count). The van der Waals surface area contributed by atoms with Crippen LogP contribution in [0.4, 0.5) is 0 Å². The molecule has 0 spiro atoms. The Labute approximate surface area is 167 Å². The lowest BCUT2D eigenvalue weighted by Crippen LogP contribution is -2.34. The number of hydrogen-bond donors (Lipinski definition) is 1. The highest BCUT2D eigenvalue weighted by Crippen LogP contribution is 2.33. The van der Waals surface area contributed by atoms with Gasteiger partial charge >= 0.3 is 0 Å². The first-order chi connectivity index (χ1) is 12.5. The topological polar surface area (TPSA) is 59.9 Å². The van der Waals surface area contributed by atoms with E-state index in [1.165, 1.54) is 6.21 Å². The highest BCUT2D eigenvalue weighted by molar-refractivity contribution is 6.42. The first-order valence-electron chi connectivity index (χ1n) is 8.36. The van der Waals surface area contributed by atoms with Gasteiger partial charge in [-0.05, 0) is 43.9 Å². The number of methoxy groups -OCH3 is 1. The molecule has 1 aliphatic heterocycles. The number of carbonyl (C=O) groups excluding carboxylic acids is 1. The standard InChI is InChI=1S/C18H19Cl3N2O3/c1-25-13-7-6-10(8-14(13)26-11-4-2-3-5-11)18(24)23-16-12(19)9-22-17(21)15(16)20/h6-9,11,15,17H,2-5H2,1H3,(H,23,24). The molecule has 2 unspecified atom stereocenters. The average Bonchev–Trinajstić information content (AvgIpc) is 3.15. The Morgan fingerprint density at radius 2 is 1.96 bits per heavy atom. The number of benzene rings is 1. The molecule has 0 aromatic heterocycles. The van der Waals surface area contributed by atoms with Crippen molar-refractivity contribution in [2.75, 3.05) is 7.11 Å². The van der Waals surface area contributed by atoms with Crippen molar-refractivity contribution < 1.29 is 14.3 Å². The second-order valence-corrected chi connectivity index (χ2v) is 7.48. The Morgan fingerprint density at radius 3 is 2.65 bits per heavy atom. The second kappa shape index (κ2) is 8.51. The summed E-state index contributed by atoms with van der Waals surface area (Å²) in [5.41, 5.74) is 0.0577. The largest absolute Gasteiger partial charge is 0.493 e. The van der Waals surface area contributed by atoms with Crippen molar-refractivity contribution in [2.24, 2.45) is 4.99 Å². The summed E-state index contributed by atoms with van der Waals surface area (Å²) in [4.78, 5) is 16.6. The minimum atomic E-state index is -0.717. The number of hydrogen-bond acceptors (Lipinski definition) is 4. The summed E-state index contributed by atoms with van der Waals surface area (Å²) < 4.78 is 11.4. The Balaban J connectivity index is 1.79. The molecular formula is C18H19Cl3N2O3. The normalized spacial score (nSPS) is 23.2. The van der Waals surface area contributed by atoms with Crippen LogP contribution in [0.5, 0.6) is 11.5 Å². The van der Waals surface area contributed by atoms with Crippen LogP contribution in [-0.4, -0.2) is 36.2 Å². The van der Waals surface area contributed by atoms with Crippen LogP contribution in [0.15, 0.2) is 33.9 Å². The number of allylic oxidation sites excluding steroid dienone is 1. The molecule has 0 saturated heterocycles. The molecule has 1 N–H and O–H groups in total. The molecule has 1 heterocycles. The van der Waals surface area contributed by atoms with Gasteiger partial charge in [0.2, 0.25) is 0 Å². The molecule has 1 aromatic carbocycles. The van der Waals surface area contributed by atoms with E-state index in [9.17, 15) is 4.79 Å². The first kappa shape index (κ1) is 19.3. The number of nitrogens with one attached hydrogen (secondary N) is 1. The molecule has 0 bridgehead atoms. The SMILES string of the molecule is COc1ccc(C(=O)NC2=C(Cl)C=NC(Cl)C2Cl)cc1OC1CCCC1. The maximum absolute atomic E-state index is 12.7. The molecule has 26 heavy (non-hydrogen) atoms. The van der Waals surface area contributed by atoms with E-state index in [0.717, 1.165) is 25.7 Å². The number of aliphatic imine (C=N–C) groups is 1. The zero-order valence-corrected chi connectivity index (χ0v) is 16.4. The molecule has 140 valence electrons. The molecule has 8 heteroatoms. The van der Waals surface area contributed by atoms with Gasteiger partial charge in [-0.25, -0.2) is 0 Å². The number of nitrogens with zero attached hydrogens (tertiary/aromatic N) is 1. The molecule has 1 amide bonds. The molecule has 1 fully saturated rings. The minimum absolute atomic E-state index is 0.151. The Hall–Kier alpha value is -1.43. The number of rotatable bonds is 5. The number of dihydropyridines is 1. The van der Waals surface area contributed by atoms with Crippen LogP contribution < -0.4 is 14.8 Å². The van der Waals surface area contributed by atoms with Gasteiger partial charge in [-0.1, -0.05) is 23.2 Å². The van der Waals surface area contributed by atoms with Crippen LogP contribution in [0.3, 0.4) is 0 Å². The highest BCUT2D eigenvalue weighted by atomic mass is 35.5. The van der Waals surface area contributed by atoms with Gasteiger partial charge in [0.1, 0.15) is 10.9 Å². The molecule has 1 aliphatic carbocycles. The Morgan fingerprint density at radius 1 is 1.23 bits per heavy atom. The average molecular weight is 418 g/mol. The van der Waals surface area contributed by atoms with Crippen LogP contribution >= 0.6 is 34.8 Å². The highest BCUT2D eigenvalue weighted by Gasteiger charge is 2.28. The van der Waals surface area contributed by atoms with Gasteiger partial charge in [-0.3, -0.25) is 9.79 Å². The van der Waals surface area contributed by atoms with E-state index in [0.29, 0.717) is 22.8 Å². The van der Waals surface area contributed by atoms with E-state index in [1.807, 2.05) is 0 Å². The lowest BCUT2D eigenvalue weighted by molar-refractivity contribution is 0.0963. The maximum Gasteiger partial charge on any atom is 0.255 e. The monoisotopic (exact) mass is 416 g/mol. The summed E-state index contributed by atoms with van der Waals surface area (Å²) in [5.74, 6) is 0.781. The predicted molar refractivity (Wildman–Crippen MR) is 104 cm³/mol. The molecule has 1 aromatic rings. The van der Waals surface area contributed by atoms with Crippen LogP contribution in [0, 0.1) is 0 Å². The molecule has 1 saturated carbocycles. The molecule has 0 radical (unpaired) electrons. The van der Waals surface area contributed by atoms with Gasteiger partial charge < -0.3 is 14.8 Å². The van der Waals surface area contributed by atoms with Crippen molar-refractivity contribution >= 4 is 46.9 Å². The molecular weight excluding hydrogens is 399 g/mol. The van der Waals surface area contributed by atoms with Crippen molar-refractivity contribution in [2.45, 2.75) is 42.7 Å². The van der Waals surface area contributed by atoms with Gasteiger partial charge in [0, 0.05) is 11.8 Å². The van der Waals surface area contributed by atoms with E-state index in [-0.39, 0.29) is 17.0 Å². The van der Waals surface area contributed by atoms with Crippen LogP contribution in [0.2, 0.25) is 0 Å². The fourth-order valence-corrected chi connectivity index (χ4v) is 3.67. The molecule has 5 nitrogen and oxygen atoms in total. The smallest absolute Gasteiger partial charge is 0.255 e. The Bertz CT molecular complexity index is 745. The van der Waals surface area contributed by atoms with Crippen molar-refractivity contribution in [1.82, 2.24) is 5.32 Å². The summed E-state index contributed by atoms with van der Waals surface area (Å²) in [7, 11) is 1.57. The number of halogens is 3. The molecule has 2 aliphatic rings. The zero-order valence-electron chi connectivity index (χ0n) is 14.2. The third-order valence-corrected chi connectivity index (χ3v) is 5.63. The van der Waals surface area contributed by atoms with Crippen LogP contribution in [0.25, 0.3) is 0 Å². The van der Waals surface area contributed by atoms with Gasteiger partial charge in [0.05, 0.1) is 23.9 Å². The lowest BCUT2D eigenvalue weighted by atomic mass is 10.1. The summed E-state index contributed by atoms with van der Waals surface area (Å²) >= 11 is 18.3. The van der Waals surface area contributed by atoms with Gasteiger partial charge in [0.15, 0.2) is 11.5 Å². The van der Waals surface area contributed by atoms with Crippen molar-refractivity contribution in [3.05, 3.63) is 34.5 Å². The van der Waals surface area contributed by atoms with Gasteiger partial charge in [-0.2, -0.15) is 0 Å². The summed E-state index contributed by atoms with van der Waals surface area (Å²) in [6.45, 7) is 0. The number of carbonyl (C=O) groups is 1. The summed E-state index contributed by atoms with van der Waals surface area (Å²) in [5, 5.41) is 2.27. The van der Waals surface area contributed by atoms with Gasteiger partial charge in [0.25, 0.3) is 5.91 Å². The van der Waals surface area contributed by atoms with E-state index in [2.05, 4.69) is 10.3 Å². The third-order valence-electron chi connectivity index (χ3n) is 4.37. The fourth-order valence-electron chi connectivity index (χ4n) is 2.97. The minimum Gasteiger partial charge on any atom is -0.493 e.